The number of nitriles is 1. The molecule has 31 heavy (non-hydrogen) atoms. The molecule has 0 radical (unpaired) electrons. The maximum atomic E-state index is 13.1. The van der Waals surface area contributed by atoms with Crippen LogP contribution in [0.1, 0.15) is 16.9 Å². The summed E-state index contributed by atoms with van der Waals surface area (Å²) in [6.45, 7) is 1.89. The summed E-state index contributed by atoms with van der Waals surface area (Å²) in [6.07, 6.45) is 1.42. The Morgan fingerprint density at radius 3 is 2.68 bits per heavy atom. The van der Waals surface area contributed by atoms with Crippen molar-refractivity contribution >= 4 is 33.7 Å². The monoisotopic (exact) mass is 485 g/mol. The highest BCUT2D eigenvalue weighted by Crippen LogP contribution is 2.37. The van der Waals surface area contributed by atoms with Gasteiger partial charge < -0.3 is 19.3 Å². The Morgan fingerprint density at radius 1 is 1.32 bits per heavy atom. The highest BCUT2D eigenvalue weighted by Gasteiger charge is 2.15. The van der Waals surface area contributed by atoms with Crippen molar-refractivity contribution in [3.05, 3.63) is 75.2 Å². The zero-order chi connectivity index (χ0) is 22.4. The van der Waals surface area contributed by atoms with E-state index in [2.05, 4.69) is 26.4 Å². The highest BCUT2D eigenvalue weighted by atomic mass is 79.9. The molecule has 0 atom stereocenters. The van der Waals surface area contributed by atoms with Crippen molar-refractivity contribution in [3.8, 4) is 17.6 Å². The molecule has 0 unspecified atom stereocenters. The number of carbonyl (C=O) groups excluding carboxylic acids is 1. The Bertz CT molecular complexity index is 1170. The minimum absolute atomic E-state index is 0.130. The first kappa shape index (κ1) is 22.1. The van der Waals surface area contributed by atoms with Gasteiger partial charge in [0.25, 0.3) is 5.91 Å². The minimum Gasteiger partial charge on any atom is -0.493 e. The predicted octanol–water partition coefficient (Wildman–Crippen LogP) is 5.02. The maximum absolute atomic E-state index is 13.1. The third-order valence-electron chi connectivity index (χ3n) is 4.09. The molecule has 158 valence electrons. The molecular weight excluding hydrogens is 469 g/mol. The number of amides is 1. The summed E-state index contributed by atoms with van der Waals surface area (Å²) in [5.74, 6) is 0.629. The van der Waals surface area contributed by atoms with Gasteiger partial charge in [0, 0.05) is 6.07 Å². The quantitative estimate of drug-likeness (QED) is 0.372. The van der Waals surface area contributed by atoms with Crippen molar-refractivity contribution in [2.45, 2.75) is 13.5 Å². The first-order valence-electron chi connectivity index (χ1n) is 9.01. The number of aryl methyl sites for hydroxylation is 1. The van der Waals surface area contributed by atoms with Crippen LogP contribution in [0, 0.1) is 24.1 Å². The molecule has 0 fully saturated rings. The highest BCUT2D eigenvalue weighted by molar-refractivity contribution is 9.10. The molecule has 0 aliphatic heterocycles. The Hall–Kier alpha value is -3.64. The summed E-state index contributed by atoms with van der Waals surface area (Å²) in [6, 6.07) is 12.7. The molecule has 1 amide bonds. The molecule has 1 aromatic heterocycles. The number of nitrogens with one attached hydrogen (secondary N) is 1. The number of hydrogen-bond acceptors (Lipinski definition) is 6. The first-order chi connectivity index (χ1) is 14.9. The zero-order valence-corrected chi connectivity index (χ0v) is 18.2. The fraction of sp³-hybridized carbons (Fsp3) is 0.136. The van der Waals surface area contributed by atoms with Crippen LogP contribution in [0.25, 0.3) is 6.08 Å². The number of ether oxygens (including phenoxy) is 2. The van der Waals surface area contributed by atoms with Crippen molar-refractivity contribution in [2.75, 3.05) is 12.4 Å². The van der Waals surface area contributed by atoms with E-state index < -0.39 is 5.91 Å². The number of halogens is 2. The van der Waals surface area contributed by atoms with Gasteiger partial charge >= 0.3 is 0 Å². The number of anilines is 1. The first-order valence-corrected chi connectivity index (χ1v) is 9.80. The molecule has 3 aromatic rings. The molecular formula is C22H17BrFN3O4. The molecule has 3 rings (SSSR count). The lowest BCUT2D eigenvalue weighted by Gasteiger charge is -2.14. The average Bonchev–Trinajstić information content (AvgIpc) is 3.16. The van der Waals surface area contributed by atoms with Gasteiger partial charge in [0.2, 0.25) is 0 Å². The summed E-state index contributed by atoms with van der Waals surface area (Å²) in [5, 5.41) is 15.6. The number of methoxy groups -OCH3 is 1. The predicted molar refractivity (Wildman–Crippen MR) is 115 cm³/mol. The molecule has 7 nitrogen and oxygen atoms in total. The molecule has 0 aliphatic rings. The van der Waals surface area contributed by atoms with Crippen LogP contribution >= 0.6 is 15.9 Å². The van der Waals surface area contributed by atoms with E-state index in [1.54, 1.807) is 37.3 Å². The van der Waals surface area contributed by atoms with Gasteiger partial charge in [-0.2, -0.15) is 5.26 Å². The maximum Gasteiger partial charge on any atom is 0.267 e. The number of rotatable bonds is 7. The molecule has 0 bridgehead atoms. The summed E-state index contributed by atoms with van der Waals surface area (Å²) >= 11 is 3.43. The fourth-order valence-corrected chi connectivity index (χ4v) is 3.20. The number of carbonyl (C=O) groups is 1. The van der Waals surface area contributed by atoms with Gasteiger partial charge in [-0.1, -0.05) is 17.3 Å². The molecule has 0 saturated heterocycles. The van der Waals surface area contributed by atoms with Crippen LogP contribution in [0.15, 0.2) is 57.0 Å². The van der Waals surface area contributed by atoms with E-state index in [9.17, 15) is 14.4 Å². The topological polar surface area (TPSA) is 97.4 Å². The average molecular weight is 486 g/mol. The fourth-order valence-electron chi connectivity index (χ4n) is 2.62. The Balaban J connectivity index is 1.80. The minimum atomic E-state index is -0.623. The van der Waals surface area contributed by atoms with E-state index in [1.165, 1.54) is 25.3 Å². The smallest absolute Gasteiger partial charge is 0.267 e. The second-order valence-corrected chi connectivity index (χ2v) is 7.25. The van der Waals surface area contributed by atoms with Crippen LogP contribution in [0.5, 0.6) is 11.5 Å². The van der Waals surface area contributed by atoms with E-state index in [0.29, 0.717) is 27.3 Å². The summed E-state index contributed by atoms with van der Waals surface area (Å²) in [5.41, 5.74) is 1.20. The van der Waals surface area contributed by atoms with Gasteiger partial charge in [0.15, 0.2) is 17.3 Å². The second-order valence-electron chi connectivity index (χ2n) is 6.40. The van der Waals surface area contributed by atoms with Crippen LogP contribution in [0.4, 0.5) is 10.2 Å². The van der Waals surface area contributed by atoms with Crippen molar-refractivity contribution in [1.29, 1.82) is 5.26 Å². The number of nitrogens with zero attached hydrogens (tertiary/aromatic N) is 2. The number of benzene rings is 2. The van der Waals surface area contributed by atoms with Crippen LogP contribution in [0.2, 0.25) is 0 Å². The van der Waals surface area contributed by atoms with E-state index in [-0.39, 0.29) is 23.8 Å². The standard InChI is InChI=1S/C22H17BrFN3O4/c1-13-7-20(27-31-13)26-22(28)16(11-25)8-15-9-18(23)21(19(10-15)29-2)30-12-14-3-5-17(24)6-4-14/h3-10H,12H2,1-2H3,(H,26,27,28)/b16-8-. The third kappa shape index (κ3) is 5.71. The van der Waals surface area contributed by atoms with E-state index in [0.717, 1.165) is 5.56 Å². The molecule has 0 aliphatic carbocycles. The Labute approximate surface area is 186 Å². The molecule has 2 aromatic carbocycles. The second kappa shape index (κ2) is 9.91. The lowest BCUT2D eigenvalue weighted by Crippen LogP contribution is -2.13. The lowest BCUT2D eigenvalue weighted by atomic mass is 10.1. The summed E-state index contributed by atoms with van der Waals surface area (Å²) in [7, 11) is 1.48. The van der Waals surface area contributed by atoms with Gasteiger partial charge in [-0.25, -0.2) is 4.39 Å². The Kier molecular flexibility index (Phi) is 7.05. The number of aromatic nitrogens is 1. The SMILES string of the molecule is COc1cc(/C=C(/C#N)C(=O)Nc2cc(C)on2)cc(Br)c1OCc1ccc(F)cc1. The van der Waals surface area contributed by atoms with E-state index >= 15 is 0 Å². The molecule has 0 saturated carbocycles. The van der Waals surface area contributed by atoms with Crippen LogP contribution in [0.3, 0.4) is 0 Å². The van der Waals surface area contributed by atoms with E-state index in [1.807, 2.05) is 6.07 Å². The molecule has 1 N–H and O–H groups in total. The molecule has 0 spiro atoms. The van der Waals surface area contributed by atoms with Gasteiger partial charge in [0.05, 0.1) is 11.6 Å². The van der Waals surface area contributed by atoms with Crippen LogP contribution in [-0.2, 0) is 11.4 Å². The largest absolute Gasteiger partial charge is 0.493 e. The van der Waals surface area contributed by atoms with Crippen molar-refractivity contribution in [2.24, 2.45) is 0 Å². The molecule has 9 heteroatoms. The Morgan fingerprint density at radius 2 is 2.06 bits per heavy atom. The van der Waals surface area contributed by atoms with Crippen LogP contribution < -0.4 is 14.8 Å². The normalized spacial score (nSPS) is 11.0. The van der Waals surface area contributed by atoms with Gasteiger partial charge in [-0.15, -0.1) is 0 Å². The van der Waals surface area contributed by atoms with Crippen LogP contribution in [-0.4, -0.2) is 18.2 Å². The summed E-state index contributed by atoms with van der Waals surface area (Å²) < 4.78 is 29.7. The summed E-state index contributed by atoms with van der Waals surface area (Å²) in [4.78, 5) is 12.4. The zero-order valence-electron chi connectivity index (χ0n) is 16.6. The van der Waals surface area contributed by atoms with Crippen molar-refractivity contribution in [1.82, 2.24) is 5.16 Å². The van der Waals surface area contributed by atoms with Gasteiger partial charge in [-0.3, -0.25) is 4.79 Å². The van der Waals surface area contributed by atoms with E-state index in [4.69, 9.17) is 14.0 Å². The van der Waals surface area contributed by atoms with Crippen molar-refractivity contribution in [3.63, 3.8) is 0 Å². The molecule has 1 heterocycles. The van der Waals surface area contributed by atoms with Crippen molar-refractivity contribution < 1.29 is 23.2 Å². The number of hydrogen-bond donors (Lipinski definition) is 1. The lowest BCUT2D eigenvalue weighted by molar-refractivity contribution is -0.112. The van der Waals surface area contributed by atoms with Gasteiger partial charge in [-0.05, 0) is 64.3 Å². The third-order valence-corrected chi connectivity index (χ3v) is 4.68. The van der Waals surface area contributed by atoms with Gasteiger partial charge in [0.1, 0.15) is 29.8 Å².